The molecule has 1 N–H and O–H groups in total. The van der Waals surface area contributed by atoms with Crippen molar-refractivity contribution in [2.45, 2.75) is 44.9 Å². The summed E-state index contributed by atoms with van der Waals surface area (Å²) in [5.74, 6) is 1.22. The van der Waals surface area contributed by atoms with Gasteiger partial charge in [-0.15, -0.1) is 0 Å². The van der Waals surface area contributed by atoms with Crippen LogP contribution in [0.3, 0.4) is 0 Å². The zero-order valence-corrected chi connectivity index (χ0v) is 12.3. The number of aliphatic imine (C=N–C) groups is 1. The number of ether oxygens (including phenoxy) is 2. The highest BCUT2D eigenvalue weighted by Gasteiger charge is 2.45. The van der Waals surface area contributed by atoms with Crippen molar-refractivity contribution >= 4 is 12.3 Å². The molecular weight excluding hydrogens is 266 g/mol. The van der Waals surface area contributed by atoms with Crippen molar-refractivity contribution in [3.8, 4) is 11.5 Å². The van der Waals surface area contributed by atoms with Gasteiger partial charge < -0.3 is 14.6 Å². The van der Waals surface area contributed by atoms with Crippen molar-refractivity contribution in [3.05, 3.63) is 28.3 Å². The molecule has 1 aliphatic carbocycles. The maximum absolute atomic E-state index is 10.1. The van der Waals surface area contributed by atoms with Crippen LogP contribution in [0.15, 0.2) is 16.6 Å². The molecule has 0 amide bonds. The summed E-state index contributed by atoms with van der Waals surface area (Å²) in [5, 5.41) is 10.1. The first-order valence-electron chi connectivity index (χ1n) is 7.48. The first-order chi connectivity index (χ1) is 10.1. The zero-order valence-electron chi connectivity index (χ0n) is 12.3. The van der Waals surface area contributed by atoms with E-state index in [1.165, 1.54) is 6.42 Å². The Labute approximate surface area is 124 Å². The number of benzene rings is 1. The fourth-order valence-electron chi connectivity index (χ4n) is 3.11. The van der Waals surface area contributed by atoms with Gasteiger partial charge in [0.05, 0.1) is 6.61 Å². The number of aryl methyl sites for hydroxylation is 1. The van der Waals surface area contributed by atoms with E-state index in [-0.39, 0.29) is 11.8 Å². The van der Waals surface area contributed by atoms with Crippen LogP contribution in [0.5, 0.6) is 11.5 Å². The molecule has 21 heavy (non-hydrogen) atoms. The van der Waals surface area contributed by atoms with E-state index in [1.807, 2.05) is 26.1 Å². The highest BCUT2D eigenvalue weighted by Crippen LogP contribution is 2.48. The molecule has 1 spiro atoms. The topological polar surface area (TPSA) is 54.4 Å². The third kappa shape index (κ3) is 1.97. The fraction of sp³-hybridized carbons (Fsp3) is 0.471. The summed E-state index contributed by atoms with van der Waals surface area (Å²) in [6, 6.07) is 1.94. The second-order valence-corrected chi connectivity index (χ2v) is 6.19. The molecule has 4 nitrogen and oxygen atoms in total. The first kappa shape index (κ1) is 12.9. The number of fused-ring (bicyclic) bond motifs is 1. The molecule has 2 aliphatic heterocycles. The summed E-state index contributed by atoms with van der Waals surface area (Å²) in [6.45, 7) is 4.55. The van der Waals surface area contributed by atoms with Crippen LogP contribution in [0.1, 0.15) is 36.0 Å². The quantitative estimate of drug-likeness (QED) is 0.671. The third-order valence-electron chi connectivity index (χ3n) is 4.73. The van der Waals surface area contributed by atoms with Gasteiger partial charge >= 0.3 is 0 Å². The standard InChI is InChI=1S/C17H19NO3/c1-10-6-14-13(11(2)16(10)19)7-12(8-18-15-9-20-15)17(21-14)4-3-5-17/h6-8,15,19H,3-5,9H2,1-2H3. The monoisotopic (exact) mass is 285 g/mol. The minimum absolute atomic E-state index is 0.0249. The molecule has 1 aromatic rings. The van der Waals surface area contributed by atoms with Crippen molar-refractivity contribution in [1.29, 1.82) is 0 Å². The summed E-state index contributed by atoms with van der Waals surface area (Å²) >= 11 is 0. The molecule has 0 aromatic heterocycles. The van der Waals surface area contributed by atoms with E-state index in [9.17, 15) is 5.11 Å². The normalized spacial score (nSPS) is 25.2. The van der Waals surface area contributed by atoms with Gasteiger partial charge in [0.1, 0.15) is 17.1 Å². The lowest BCUT2D eigenvalue weighted by Crippen LogP contribution is -2.47. The lowest BCUT2D eigenvalue weighted by Gasteiger charge is -2.45. The minimum Gasteiger partial charge on any atom is -0.507 e. The van der Waals surface area contributed by atoms with Crippen molar-refractivity contribution in [2.24, 2.45) is 4.99 Å². The number of rotatable bonds is 2. The molecule has 1 unspecified atom stereocenters. The van der Waals surface area contributed by atoms with Crippen LogP contribution in [-0.2, 0) is 4.74 Å². The minimum atomic E-state index is -0.221. The molecule has 0 radical (unpaired) electrons. The van der Waals surface area contributed by atoms with Gasteiger partial charge in [-0.05, 0) is 50.8 Å². The van der Waals surface area contributed by atoms with Gasteiger partial charge in [-0.25, -0.2) is 0 Å². The lowest BCUT2D eigenvalue weighted by atomic mass is 9.72. The van der Waals surface area contributed by atoms with E-state index >= 15 is 0 Å². The highest BCUT2D eigenvalue weighted by molar-refractivity contribution is 5.91. The smallest absolute Gasteiger partial charge is 0.171 e. The summed E-state index contributed by atoms with van der Waals surface area (Å²) in [6.07, 6.45) is 7.27. The summed E-state index contributed by atoms with van der Waals surface area (Å²) in [7, 11) is 0. The Balaban J connectivity index is 1.81. The Morgan fingerprint density at radius 3 is 2.76 bits per heavy atom. The van der Waals surface area contributed by atoms with Crippen LogP contribution < -0.4 is 4.74 Å². The first-order valence-corrected chi connectivity index (χ1v) is 7.48. The third-order valence-corrected chi connectivity index (χ3v) is 4.73. The number of hydrogen-bond acceptors (Lipinski definition) is 4. The molecule has 110 valence electrons. The lowest BCUT2D eigenvalue weighted by molar-refractivity contribution is 0.0323. The zero-order chi connectivity index (χ0) is 14.6. The Kier molecular flexibility index (Phi) is 2.67. The Morgan fingerprint density at radius 1 is 1.38 bits per heavy atom. The predicted octanol–water partition coefficient (Wildman–Crippen LogP) is 3.13. The Morgan fingerprint density at radius 2 is 2.14 bits per heavy atom. The van der Waals surface area contributed by atoms with Crippen LogP contribution in [0.4, 0.5) is 0 Å². The van der Waals surface area contributed by atoms with Crippen LogP contribution in [-0.4, -0.2) is 29.8 Å². The van der Waals surface area contributed by atoms with Crippen LogP contribution in [0.25, 0.3) is 6.08 Å². The average molecular weight is 285 g/mol. The molecule has 2 fully saturated rings. The number of phenols is 1. The average Bonchev–Trinajstić information content (AvgIpc) is 3.24. The molecule has 2 heterocycles. The molecule has 0 bridgehead atoms. The van der Waals surface area contributed by atoms with Gasteiger partial charge in [0.15, 0.2) is 6.23 Å². The van der Waals surface area contributed by atoms with Gasteiger partial charge in [-0.1, -0.05) is 0 Å². The fourth-order valence-corrected chi connectivity index (χ4v) is 3.11. The van der Waals surface area contributed by atoms with Gasteiger partial charge in [0, 0.05) is 22.9 Å². The second-order valence-electron chi connectivity index (χ2n) is 6.19. The SMILES string of the molecule is Cc1cc2c(c(C)c1O)C=C(C=NC1CO1)C1(CCC1)O2. The van der Waals surface area contributed by atoms with Crippen molar-refractivity contribution in [3.63, 3.8) is 0 Å². The molecular formula is C17H19NO3. The van der Waals surface area contributed by atoms with Crippen molar-refractivity contribution < 1.29 is 14.6 Å². The Bertz CT molecular complexity index is 667. The van der Waals surface area contributed by atoms with Crippen LogP contribution >= 0.6 is 0 Å². The number of nitrogens with zero attached hydrogens (tertiary/aromatic N) is 1. The molecule has 1 atom stereocenters. The summed E-state index contributed by atoms with van der Waals surface area (Å²) < 4.78 is 11.5. The van der Waals surface area contributed by atoms with E-state index in [2.05, 4.69) is 11.1 Å². The summed E-state index contributed by atoms with van der Waals surface area (Å²) in [5.41, 5.74) is 3.57. The van der Waals surface area contributed by atoms with Gasteiger partial charge in [-0.2, -0.15) is 0 Å². The second kappa shape index (κ2) is 4.34. The molecule has 4 heteroatoms. The van der Waals surface area contributed by atoms with E-state index in [4.69, 9.17) is 9.47 Å². The molecule has 1 saturated heterocycles. The van der Waals surface area contributed by atoms with E-state index in [1.54, 1.807) is 0 Å². The highest BCUT2D eigenvalue weighted by atomic mass is 16.6. The van der Waals surface area contributed by atoms with Crippen molar-refractivity contribution in [2.75, 3.05) is 6.61 Å². The van der Waals surface area contributed by atoms with E-state index in [0.717, 1.165) is 40.9 Å². The predicted molar refractivity (Wildman–Crippen MR) is 81.0 cm³/mol. The maximum Gasteiger partial charge on any atom is 0.171 e. The summed E-state index contributed by atoms with van der Waals surface area (Å²) in [4.78, 5) is 4.42. The molecule has 1 aromatic carbocycles. The van der Waals surface area contributed by atoms with Crippen molar-refractivity contribution in [1.82, 2.24) is 0 Å². The van der Waals surface area contributed by atoms with E-state index in [0.29, 0.717) is 12.4 Å². The Hall–Kier alpha value is -1.81. The molecule has 1 saturated carbocycles. The van der Waals surface area contributed by atoms with Crippen LogP contribution in [0, 0.1) is 13.8 Å². The van der Waals surface area contributed by atoms with Gasteiger partial charge in [0.25, 0.3) is 0 Å². The largest absolute Gasteiger partial charge is 0.507 e. The van der Waals surface area contributed by atoms with E-state index < -0.39 is 0 Å². The molecule has 4 rings (SSSR count). The van der Waals surface area contributed by atoms with Gasteiger partial charge in [0.2, 0.25) is 0 Å². The number of hydrogen-bond donors (Lipinski definition) is 1. The maximum atomic E-state index is 10.1. The number of phenolic OH excluding ortho intramolecular Hbond substituents is 1. The van der Waals surface area contributed by atoms with Crippen LogP contribution in [0.2, 0.25) is 0 Å². The molecule has 3 aliphatic rings. The number of epoxide rings is 1. The van der Waals surface area contributed by atoms with Gasteiger partial charge in [-0.3, -0.25) is 4.99 Å². The number of aromatic hydroxyl groups is 1.